The lowest BCUT2D eigenvalue weighted by Crippen LogP contribution is -2.47. The Morgan fingerprint density at radius 1 is 1.33 bits per heavy atom. The number of methoxy groups -OCH3 is 1. The van der Waals surface area contributed by atoms with Crippen LogP contribution in [-0.2, 0) is 23.9 Å². The Morgan fingerprint density at radius 3 is 2.83 bits per heavy atom. The fourth-order valence-electron chi connectivity index (χ4n) is 3.45. The molecule has 0 bridgehead atoms. The molecule has 3 aliphatic rings. The molecule has 0 aromatic heterocycles. The molecular weight excluding hydrogens is 408 g/mol. The second kappa shape index (κ2) is 10.6. The lowest BCUT2D eigenvalue weighted by Gasteiger charge is -2.30. The fourth-order valence-corrected chi connectivity index (χ4v) is 3.73. The third-order valence-corrected chi connectivity index (χ3v) is 5.45. The van der Waals surface area contributed by atoms with Gasteiger partial charge in [0, 0.05) is 32.6 Å². The van der Waals surface area contributed by atoms with Crippen LogP contribution in [-0.4, -0.2) is 91.5 Å². The molecule has 0 aromatic carbocycles. The van der Waals surface area contributed by atoms with Crippen molar-refractivity contribution >= 4 is 40.8 Å². The number of esters is 1. The van der Waals surface area contributed by atoms with Gasteiger partial charge in [-0.15, -0.1) is 0 Å². The van der Waals surface area contributed by atoms with Gasteiger partial charge in [0.1, 0.15) is 0 Å². The standard InChI is InChI=1S/C20H26N4O5S/c1-28-19(27)14-3-4-15-16(13-14)22-20(30)24(18(15)26)8-5-17(25)21-6-2-7-23-9-11-29-12-10-23/h3-4,13,15H,2,5-12H2,1H3,(H,21,25). The van der Waals surface area contributed by atoms with Crippen molar-refractivity contribution in [3.8, 4) is 0 Å². The van der Waals surface area contributed by atoms with E-state index in [0.717, 1.165) is 39.3 Å². The second-order valence-corrected chi connectivity index (χ2v) is 7.51. The zero-order valence-electron chi connectivity index (χ0n) is 17.0. The van der Waals surface area contributed by atoms with Crippen molar-refractivity contribution in [2.45, 2.75) is 12.8 Å². The zero-order chi connectivity index (χ0) is 21.5. The highest BCUT2D eigenvalue weighted by molar-refractivity contribution is 7.80. The number of carbonyl (C=O) groups is 3. The number of carbonyl (C=O) groups excluding carboxylic acids is 3. The first-order valence-electron chi connectivity index (χ1n) is 9.98. The number of morpholine rings is 1. The molecule has 2 aliphatic heterocycles. The fraction of sp³-hybridized carbons (Fsp3) is 0.550. The van der Waals surface area contributed by atoms with E-state index >= 15 is 0 Å². The summed E-state index contributed by atoms with van der Waals surface area (Å²) in [5, 5.41) is 2.98. The highest BCUT2D eigenvalue weighted by Crippen LogP contribution is 2.23. The van der Waals surface area contributed by atoms with Crippen molar-refractivity contribution in [3.05, 3.63) is 23.8 Å². The van der Waals surface area contributed by atoms with Crippen LogP contribution in [0.5, 0.6) is 0 Å². The molecule has 0 spiro atoms. The number of nitrogens with one attached hydrogen (secondary N) is 1. The maximum absolute atomic E-state index is 12.8. The number of rotatable bonds is 8. The Morgan fingerprint density at radius 2 is 2.10 bits per heavy atom. The summed E-state index contributed by atoms with van der Waals surface area (Å²) >= 11 is 5.24. The molecule has 1 unspecified atom stereocenters. The molecule has 1 saturated heterocycles. The quantitative estimate of drug-likeness (QED) is 0.328. The van der Waals surface area contributed by atoms with Gasteiger partial charge in [-0.05, 0) is 31.3 Å². The molecular formula is C20H26N4O5S. The van der Waals surface area contributed by atoms with E-state index in [2.05, 4.69) is 19.9 Å². The van der Waals surface area contributed by atoms with Crippen LogP contribution in [0.15, 0.2) is 28.8 Å². The van der Waals surface area contributed by atoms with Gasteiger partial charge in [0.05, 0.1) is 37.5 Å². The van der Waals surface area contributed by atoms with Crippen molar-refractivity contribution in [2.24, 2.45) is 10.9 Å². The summed E-state index contributed by atoms with van der Waals surface area (Å²) in [6, 6.07) is 0. The molecule has 1 fully saturated rings. The number of aliphatic imine (C=N–C) groups is 1. The summed E-state index contributed by atoms with van der Waals surface area (Å²) in [4.78, 5) is 44.5. The van der Waals surface area contributed by atoms with Crippen LogP contribution in [0.25, 0.3) is 0 Å². The van der Waals surface area contributed by atoms with E-state index in [1.165, 1.54) is 18.1 Å². The minimum Gasteiger partial charge on any atom is -0.465 e. The molecule has 3 rings (SSSR count). The molecule has 0 saturated carbocycles. The molecule has 1 atom stereocenters. The van der Waals surface area contributed by atoms with Gasteiger partial charge in [0.15, 0.2) is 0 Å². The van der Waals surface area contributed by atoms with Crippen LogP contribution >= 0.6 is 12.2 Å². The summed E-state index contributed by atoms with van der Waals surface area (Å²) in [6.45, 7) is 5.05. The number of allylic oxidation sites excluding steroid dienone is 1. The van der Waals surface area contributed by atoms with Gasteiger partial charge < -0.3 is 14.8 Å². The van der Waals surface area contributed by atoms with Crippen molar-refractivity contribution in [3.63, 3.8) is 0 Å². The highest BCUT2D eigenvalue weighted by Gasteiger charge is 2.35. The minimum atomic E-state index is -0.610. The molecule has 0 radical (unpaired) electrons. The van der Waals surface area contributed by atoms with Crippen molar-refractivity contribution in [1.29, 1.82) is 0 Å². The van der Waals surface area contributed by atoms with Gasteiger partial charge in [-0.25, -0.2) is 9.79 Å². The van der Waals surface area contributed by atoms with E-state index in [1.54, 1.807) is 12.2 Å². The van der Waals surface area contributed by atoms with Crippen molar-refractivity contribution in [2.75, 3.05) is 53.0 Å². The predicted molar refractivity (Wildman–Crippen MR) is 114 cm³/mol. The van der Waals surface area contributed by atoms with Crippen LogP contribution in [0.1, 0.15) is 12.8 Å². The lowest BCUT2D eigenvalue weighted by molar-refractivity contribution is -0.136. The Hall–Kier alpha value is -2.43. The van der Waals surface area contributed by atoms with Crippen molar-refractivity contribution < 1.29 is 23.9 Å². The molecule has 2 heterocycles. The number of hydrogen-bond donors (Lipinski definition) is 1. The van der Waals surface area contributed by atoms with E-state index < -0.39 is 11.9 Å². The monoisotopic (exact) mass is 434 g/mol. The summed E-state index contributed by atoms with van der Waals surface area (Å²) in [6.07, 6.45) is 5.67. The predicted octanol–water partition coefficient (Wildman–Crippen LogP) is 0.0685. The summed E-state index contributed by atoms with van der Waals surface area (Å²) in [5.41, 5.74) is 0.727. The van der Waals surface area contributed by atoms with Crippen LogP contribution in [0.3, 0.4) is 0 Å². The number of amides is 2. The normalized spacial score (nSPS) is 21.6. The van der Waals surface area contributed by atoms with Gasteiger partial charge in [-0.1, -0.05) is 12.2 Å². The first-order valence-corrected chi connectivity index (χ1v) is 10.4. The maximum atomic E-state index is 12.8. The molecule has 9 nitrogen and oxygen atoms in total. The number of nitrogens with zero attached hydrogens (tertiary/aromatic N) is 3. The molecule has 1 N–H and O–H groups in total. The Labute approximate surface area is 180 Å². The summed E-state index contributed by atoms with van der Waals surface area (Å²) in [5.74, 6) is -1.49. The van der Waals surface area contributed by atoms with Crippen LogP contribution in [0.2, 0.25) is 0 Å². The second-order valence-electron chi connectivity index (χ2n) is 7.14. The summed E-state index contributed by atoms with van der Waals surface area (Å²) in [7, 11) is 1.29. The van der Waals surface area contributed by atoms with E-state index in [1.807, 2.05) is 0 Å². The zero-order valence-corrected chi connectivity index (χ0v) is 17.8. The Balaban J connectivity index is 1.45. The maximum Gasteiger partial charge on any atom is 0.337 e. The molecule has 1 aliphatic carbocycles. The average molecular weight is 435 g/mol. The number of ether oxygens (including phenoxy) is 2. The molecule has 0 aromatic rings. The topological polar surface area (TPSA) is 101 Å². The Bertz CT molecular complexity index is 801. The highest BCUT2D eigenvalue weighted by atomic mass is 32.1. The van der Waals surface area contributed by atoms with E-state index in [0.29, 0.717) is 17.8 Å². The minimum absolute atomic E-state index is 0.0992. The molecule has 162 valence electrons. The number of hydrogen-bond acceptors (Lipinski definition) is 7. The number of fused-ring (bicyclic) bond motifs is 1. The third-order valence-electron chi connectivity index (χ3n) is 5.14. The smallest absolute Gasteiger partial charge is 0.337 e. The van der Waals surface area contributed by atoms with Crippen molar-refractivity contribution in [1.82, 2.24) is 15.1 Å². The van der Waals surface area contributed by atoms with Crippen LogP contribution < -0.4 is 5.32 Å². The van der Waals surface area contributed by atoms with E-state index in [9.17, 15) is 14.4 Å². The molecule has 10 heteroatoms. The third kappa shape index (κ3) is 5.59. The van der Waals surface area contributed by atoms with E-state index in [4.69, 9.17) is 17.0 Å². The first kappa shape index (κ1) is 22.3. The molecule has 2 amide bonds. The van der Waals surface area contributed by atoms with Crippen LogP contribution in [0, 0.1) is 5.92 Å². The van der Waals surface area contributed by atoms with Gasteiger partial charge in [-0.3, -0.25) is 19.4 Å². The lowest BCUT2D eigenvalue weighted by atomic mass is 9.92. The SMILES string of the molecule is COC(=O)C1=CC2=NC(=S)N(CCC(=O)NCCCN3CCOCC3)C(=O)C2C=C1. The van der Waals surface area contributed by atoms with Gasteiger partial charge >= 0.3 is 5.97 Å². The van der Waals surface area contributed by atoms with Crippen LogP contribution in [0.4, 0.5) is 0 Å². The summed E-state index contributed by atoms with van der Waals surface area (Å²) < 4.78 is 10.0. The van der Waals surface area contributed by atoms with Gasteiger partial charge in [-0.2, -0.15) is 0 Å². The van der Waals surface area contributed by atoms with Gasteiger partial charge in [0.2, 0.25) is 16.9 Å². The first-order chi connectivity index (χ1) is 14.5. The van der Waals surface area contributed by atoms with Gasteiger partial charge in [0.25, 0.3) is 0 Å². The average Bonchev–Trinajstić information content (AvgIpc) is 2.76. The largest absolute Gasteiger partial charge is 0.465 e. The number of thiocarbonyl (C=S) groups is 1. The molecule has 30 heavy (non-hydrogen) atoms. The van der Waals surface area contributed by atoms with E-state index in [-0.39, 0.29) is 29.9 Å². The Kier molecular flexibility index (Phi) is 7.83.